The maximum absolute atomic E-state index is 12.3. The van der Waals surface area contributed by atoms with Gasteiger partial charge in [0.15, 0.2) is 0 Å². The largest absolute Gasteiger partial charge is 0.431 e. The van der Waals surface area contributed by atoms with Crippen molar-refractivity contribution < 1.29 is 26.9 Å². The molecule has 0 aromatic carbocycles. The molecule has 0 amide bonds. The van der Waals surface area contributed by atoms with Gasteiger partial charge < -0.3 is 4.98 Å². The molecule has 0 bridgehead atoms. The molecule has 0 radical (unpaired) electrons. The molecule has 0 saturated heterocycles. The molecule has 10 heteroatoms. The van der Waals surface area contributed by atoms with Crippen molar-refractivity contribution in [2.45, 2.75) is 12.6 Å². The smallest absolute Gasteiger partial charge is 0.351 e. The molecular weight excluding hydrogens is 255 g/mol. The molecule has 0 unspecified atom stereocenters. The number of hydrogen-bond acceptors (Lipinski definition) is 3. The van der Waals surface area contributed by atoms with Crippen LogP contribution in [0.4, 0.5) is 27.6 Å². The van der Waals surface area contributed by atoms with E-state index in [1.807, 2.05) is 0 Å². The van der Waals surface area contributed by atoms with E-state index in [0.717, 1.165) is 0 Å². The van der Waals surface area contributed by atoms with E-state index in [4.69, 9.17) is 0 Å². The topological polar surface area (TPSA) is 76.0 Å². The molecular formula is C7H3F5N2O3. The number of halogens is 5. The normalized spacial score (nSPS) is 11.9. The van der Waals surface area contributed by atoms with Crippen LogP contribution in [0, 0.1) is 10.1 Å². The first-order valence-electron chi connectivity index (χ1n) is 3.91. The van der Waals surface area contributed by atoms with Crippen LogP contribution in [0.15, 0.2) is 11.0 Å². The van der Waals surface area contributed by atoms with Crippen molar-refractivity contribution in [1.29, 1.82) is 0 Å². The number of H-pyrrole nitrogens is 1. The summed E-state index contributed by atoms with van der Waals surface area (Å²) >= 11 is 0. The molecule has 0 saturated carbocycles. The fraction of sp³-hybridized carbons (Fsp3) is 0.286. The summed E-state index contributed by atoms with van der Waals surface area (Å²) in [6, 6.07) is 0. The molecule has 1 aromatic heterocycles. The Kier molecular flexibility index (Phi) is 3.16. The van der Waals surface area contributed by atoms with Gasteiger partial charge in [0.2, 0.25) is 0 Å². The number of nitro groups is 1. The SMILES string of the molecule is O=c1c([N+](=O)[O-])c[nH]c(C(F)(F)F)c1C(F)F. The molecule has 94 valence electrons. The third-order valence-corrected chi connectivity index (χ3v) is 1.80. The first kappa shape index (κ1) is 13.1. The summed E-state index contributed by atoms with van der Waals surface area (Å²) < 4.78 is 61.4. The van der Waals surface area contributed by atoms with Crippen LogP contribution in [0.3, 0.4) is 0 Å². The minimum Gasteiger partial charge on any atom is -0.351 e. The summed E-state index contributed by atoms with van der Waals surface area (Å²) in [5.41, 5.74) is -7.25. The number of aromatic nitrogens is 1. The van der Waals surface area contributed by atoms with Gasteiger partial charge in [-0.15, -0.1) is 0 Å². The molecule has 1 aromatic rings. The number of hydrogen-bond donors (Lipinski definition) is 1. The molecule has 1 rings (SSSR count). The minimum atomic E-state index is -5.22. The van der Waals surface area contributed by atoms with Gasteiger partial charge in [-0.2, -0.15) is 13.2 Å². The summed E-state index contributed by atoms with van der Waals surface area (Å²) in [7, 11) is 0. The Balaban J connectivity index is 3.63. The minimum absolute atomic E-state index is 0.136. The Morgan fingerprint density at radius 2 is 1.88 bits per heavy atom. The summed E-state index contributed by atoms with van der Waals surface area (Å²) in [4.78, 5) is 21.3. The average molecular weight is 258 g/mol. The van der Waals surface area contributed by atoms with Crippen molar-refractivity contribution in [1.82, 2.24) is 4.98 Å². The van der Waals surface area contributed by atoms with Gasteiger partial charge in [0.25, 0.3) is 11.9 Å². The molecule has 0 aliphatic carbocycles. The standard InChI is InChI=1S/C7H3F5N2O3/c8-6(9)3-4(15)2(14(16)17)1-13-5(3)7(10,11)12/h1,6H,(H,13,15). The molecule has 1 heterocycles. The second kappa shape index (κ2) is 4.11. The highest BCUT2D eigenvalue weighted by atomic mass is 19.4. The van der Waals surface area contributed by atoms with E-state index in [0.29, 0.717) is 0 Å². The maximum Gasteiger partial charge on any atom is 0.431 e. The maximum atomic E-state index is 12.3. The number of nitrogens with zero attached hydrogens (tertiary/aromatic N) is 1. The van der Waals surface area contributed by atoms with E-state index in [2.05, 4.69) is 0 Å². The lowest BCUT2D eigenvalue weighted by atomic mass is 10.1. The molecule has 0 aliphatic heterocycles. The van der Waals surface area contributed by atoms with Crippen LogP contribution in [0.25, 0.3) is 0 Å². The fourth-order valence-corrected chi connectivity index (χ4v) is 1.11. The zero-order valence-electron chi connectivity index (χ0n) is 7.72. The molecule has 17 heavy (non-hydrogen) atoms. The lowest BCUT2D eigenvalue weighted by Crippen LogP contribution is -2.22. The Bertz CT molecular complexity index is 507. The molecule has 0 aliphatic rings. The van der Waals surface area contributed by atoms with Crippen molar-refractivity contribution >= 4 is 5.69 Å². The van der Waals surface area contributed by atoms with Crippen LogP contribution in [0.2, 0.25) is 0 Å². The van der Waals surface area contributed by atoms with Gasteiger partial charge in [-0.1, -0.05) is 0 Å². The molecule has 5 nitrogen and oxygen atoms in total. The first-order chi connectivity index (χ1) is 7.66. The summed E-state index contributed by atoms with van der Waals surface area (Å²) in [5.74, 6) is 0. The molecule has 0 spiro atoms. The zero-order valence-corrected chi connectivity index (χ0v) is 7.72. The summed E-state index contributed by atoms with van der Waals surface area (Å²) in [6.45, 7) is 0. The molecule has 0 fully saturated rings. The number of pyridine rings is 1. The lowest BCUT2D eigenvalue weighted by Gasteiger charge is -2.10. The Labute approximate surface area is 89.0 Å². The van der Waals surface area contributed by atoms with E-state index in [-0.39, 0.29) is 6.20 Å². The van der Waals surface area contributed by atoms with Crippen molar-refractivity contribution in [3.63, 3.8) is 0 Å². The number of nitrogens with one attached hydrogen (secondary N) is 1. The second-order valence-corrected chi connectivity index (χ2v) is 2.85. The Hall–Kier alpha value is -2.00. The third-order valence-electron chi connectivity index (χ3n) is 1.80. The van der Waals surface area contributed by atoms with Crippen LogP contribution in [-0.2, 0) is 6.18 Å². The van der Waals surface area contributed by atoms with Crippen LogP contribution in [0.1, 0.15) is 17.7 Å². The fourth-order valence-electron chi connectivity index (χ4n) is 1.11. The summed E-state index contributed by atoms with van der Waals surface area (Å²) in [5, 5.41) is 10.2. The van der Waals surface area contributed by atoms with E-state index in [1.54, 1.807) is 0 Å². The number of alkyl halides is 5. The highest BCUT2D eigenvalue weighted by Gasteiger charge is 2.40. The highest BCUT2D eigenvalue weighted by molar-refractivity contribution is 5.36. The van der Waals surface area contributed by atoms with Crippen LogP contribution in [-0.4, -0.2) is 9.91 Å². The van der Waals surface area contributed by atoms with Crippen molar-refractivity contribution in [3.05, 3.63) is 37.8 Å². The van der Waals surface area contributed by atoms with Gasteiger partial charge in [0, 0.05) is 0 Å². The van der Waals surface area contributed by atoms with Gasteiger partial charge in [-0.05, 0) is 0 Å². The monoisotopic (exact) mass is 258 g/mol. The van der Waals surface area contributed by atoms with Gasteiger partial charge in [0.05, 0.1) is 11.1 Å². The first-order valence-corrected chi connectivity index (χ1v) is 3.91. The van der Waals surface area contributed by atoms with Crippen molar-refractivity contribution in [2.75, 3.05) is 0 Å². The zero-order chi connectivity index (χ0) is 13.4. The Morgan fingerprint density at radius 3 is 2.24 bits per heavy atom. The molecule has 1 N–H and O–H groups in total. The van der Waals surface area contributed by atoms with Gasteiger partial charge in [-0.3, -0.25) is 14.9 Å². The average Bonchev–Trinajstić information content (AvgIpc) is 2.14. The second-order valence-electron chi connectivity index (χ2n) is 2.85. The molecule has 0 atom stereocenters. The lowest BCUT2D eigenvalue weighted by molar-refractivity contribution is -0.386. The van der Waals surface area contributed by atoms with Gasteiger partial charge >= 0.3 is 11.9 Å². The van der Waals surface area contributed by atoms with Crippen LogP contribution >= 0.6 is 0 Å². The predicted molar refractivity (Wildman–Crippen MR) is 43.7 cm³/mol. The van der Waals surface area contributed by atoms with E-state index in [1.165, 1.54) is 4.98 Å². The predicted octanol–water partition coefficient (Wildman–Crippen LogP) is 2.24. The number of aromatic amines is 1. The quantitative estimate of drug-likeness (QED) is 0.502. The van der Waals surface area contributed by atoms with E-state index >= 15 is 0 Å². The van der Waals surface area contributed by atoms with E-state index < -0.39 is 39.9 Å². The van der Waals surface area contributed by atoms with Crippen LogP contribution in [0.5, 0.6) is 0 Å². The van der Waals surface area contributed by atoms with Gasteiger partial charge in [0.1, 0.15) is 11.3 Å². The van der Waals surface area contributed by atoms with Crippen molar-refractivity contribution in [2.24, 2.45) is 0 Å². The van der Waals surface area contributed by atoms with Crippen LogP contribution < -0.4 is 5.43 Å². The number of rotatable bonds is 2. The highest BCUT2D eigenvalue weighted by Crippen LogP contribution is 2.33. The third kappa shape index (κ3) is 2.40. The van der Waals surface area contributed by atoms with Gasteiger partial charge in [-0.25, -0.2) is 8.78 Å². The Morgan fingerprint density at radius 1 is 1.35 bits per heavy atom. The van der Waals surface area contributed by atoms with E-state index in [9.17, 15) is 36.9 Å². The summed E-state index contributed by atoms with van der Waals surface area (Å²) in [6.07, 6.45) is -8.85. The van der Waals surface area contributed by atoms with Crippen molar-refractivity contribution in [3.8, 4) is 0 Å².